The summed E-state index contributed by atoms with van der Waals surface area (Å²) in [7, 11) is 0. The van der Waals surface area contributed by atoms with Gasteiger partial charge >= 0.3 is 5.97 Å². The molecular weight excluding hydrogens is 200 g/mol. The maximum absolute atomic E-state index is 10.7. The number of amidine groups is 1. The highest BCUT2D eigenvalue weighted by Crippen LogP contribution is 2.22. The Kier molecular flexibility index (Phi) is 5.88. The molecule has 0 unspecified atom stereocenters. The molecule has 6 heteroatoms. The van der Waals surface area contributed by atoms with E-state index < -0.39 is 11.8 Å². The Labute approximate surface area is 88.9 Å². The molecule has 0 bridgehead atoms. The monoisotopic (exact) mass is 218 g/mol. The average Bonchev–Trinajstić information content (AvgIpc) is 2.01. The molecule has 0 aliphatic heterocycles. The van der Waals surface area contributed by atoms with E-state index in [-0.39, 0.29) is 18.7 Å². The number of carboxylic acids is 1. The Balaban J connectivity index is 4.69. The summed E-state index contributed by atoms with van der Waals surface area (Å²) in [6.07, 6.45) is -0.366. The molecule has 6 nitrogen and oxygen atoms in total. The van der Waals surface area contributed by atoms with Gasteiger partial charge in [-0.1, -0.05) is 0 Å². The summed E-state index contributed by atoms with van der Waals surface area (Å²) in [4.78, 5) is 10.7. The Bertz CT molecular complexity index is 206. The summed E-state index contributed by atoms with van der Waals surface area (Å²) in [6.45, 7) is 4.08. The van der Waals surface area contributed by atoms with Crippen LogP contribution in [0, 0.1) is 5.41 Å². The first-order valence-corrected chi connectivity index (χ1v) is 4.78. The second kappa shape index (κ2) is 6.36. The highest BCUT2D eigenvalue weighted by molar-refractivity contribution is 5.79. The van der Waals surface area contributed by atoms with Gasteiger partial charge in [0.2, 0.25) is 0 Å². The van der Waals surface area contributed by atoms with Gasteiger partial charge in [-0.2, -0.15) is 0 Å². The van der Waals surface area contributed by atoms with Gasteiger partial charge in [-0.25, -0.2) is 0 Å². The SMILES string of the molecule is CCOC(CC(=N)N)(CC(=O)O)OCC. The topological polar surface area (TPSA) is 106 Å². The van der Waals surface area contributed by atoms with E-state index in [4.69, 9.17) is 25.7 Å². The molecule has 0 aliphatic carbocycles. The Morgan fingerprint density at radius 2 is 1.80 bits per heavy atom. The molecule has 0 rings (SSSR count). The van der Waals surface area contributed by atoms with Crippen LogP contribution in [-0.2, 0) is 14.3 Å². The largest absolute Gasteiger partial charge is 0.481 e. The molecule has 0 aliphatic rings. The summed E-state index contributed by atoms with van der Waals surface area (Å²) < 4.78 is 10.5. The Hall–Kier alpha value is -1.14. The van der Waals surface area contributed by atoms with Crippen LogP contribution in [0.4, 0.5) is 0 Å². The first kappa shape index (κ1) is 13.9. The first-order chi connectivity index (χ1) is 6.95. The lowest BCUT2D eigenvalue weighted by Gasteiger charge is -2.31. The zero-order valence-electron chi connectivity index (χ0n) is 9.08. The fourth-order valence-corrected chi connectivity index (χ4v) is 1.35. The zero-order chi connectivity index (χ0) is 11.9. The number of nitrogens with two attached hydrogens (primary N) is 1. The first-order valence-electron chi connectivity index (χ1n) is 4.78. The van der Waals surface area contributed by atoms with Crippen LogP contribution in [0.25, 0.3) is 0 Å². The van der Waals surface area contributed by atoms with E-state index in [2.05, 4.69) is 0 Å². The molecule has 0 saturated heterocycles. The molecule has 0 aromatic carbocycles. The van der Waals surface area contributed by atoms with Gasteiger partial charge < -0.3 is 20.3 Å². The minimum absolute atomic E-state index is 0.0407. The van der Waals surface area contributed by atoms with Crippen molar-refractivity contribution in [2.75, 3.05) is 13.2 Å². The molecule has 0 aromatic rings. The van der Waals surface area contributed by atoms with Crippen molar-refractivity contribution in [2.45, 2.75) is 32.5 Å². The lowest BCUT2D eigenvalue weighted by Crippen LogP contribution is -2.42. The van der Waals surface area contributed by atoms with Crippen molar-refractivity contribution in [3.8, 4) is 0 Å². The smallest absolute Gasteiger partial charge is 0.308 e. The second-order valence-electron chi connectivity index (χ2n) is 3.05. The standard InChI is InChI=1S/C9H18N2O4/c1-3-14-9(15-4-2,5-7(10)11)6-8(12)13/h3-6H2,1-2H3,(H3,10,11)(H,12,13). The Morgan fingerprint density at radius 3 is 2.07 bits per heavy atom. The summed E-state index contributed by atoms with van der Waals surface area (Å²) in [5, 5.41) is 15.9. The van der Waals surface area contributed by atoms with E-state index in [1.165, 1.54) is 0 Å². The molecule has 0 fully saturated rings. The fourth-order valence-electron chi connectivity index (χ4n) is 1.35. The third kappa shape index (κ3) is 5.34. The minimum atomic E-state index is -1.30. The van der Waals surface area contributed by atoms with Crippen LogP contribution in [0.3, 0.4) is 0 Å². The van der Waals surface area contributed by atoms with Gasteiger partial charge in [0.25, 0.3) is 0 Å². The molecule has 0 radical (unpaired) electrons. The third-order valence-electron chi connectivity index (χ3n) is 1.70. The van der Waals surface area contributed by atoms with Crippen LogP contribution >= 0.6 is 0 Å². The Morgan fingerprint density at radius 1 is 1.33 bits per heavy atom. The number of carbonyl (C=O) groups is 1. The summed E-state index contributed by atoms with van der Waals surface area (Å²) in [5.41, 5.74) is 5.25. The predicted molar refractivity (Wildman–Crippen MR) is 54.8 cm³/mol. The molecule has 0 amide bonds. The maximum Gasteiger partial charge on any atom is 0.308 e. The van der Waals surface area contributed by atoms with Gasteiger partial charge in [-0.05, 0) is 13.8 Å². The molecule has 0 saturated carbocycles. The average molecular weight is 218 g/mol. The lowest BCUT2D eigenvalue weighted by atomic mass is 10.1. The van der Waals surface area contributed by atoms with Crippen LogP contribution in [0.5, 0.6) is 0 Å². The molecule has 0 spiro atoms. The van der Waals surface area contributed by atoms with Gasteiger partial charge in [0, 0.05) is 13.2 Å². The third-order valence-corrected chi connectivity index (χ3v) is 1.70. The van der Waals surface area contributed by atoms with Crippen LogP contribution in [0.15, 0.2) is 0 Å². The normalized spacial score (nSPS) is 11.3. The van der Waals surface area contributed by atoms with Crippen LogP contribution in [0.1, 0.15) is 26.7 Å². The fraction of sp³-hybridized carbons (Fsp3) is 0.778. The van der Waals surface area contributed by atoms with E-state index >= 15 is 0 Å². The number of ether oxygens (including phenoxy) is 2. The number of hydrogen-bond donors (Lipinski definition) is 3. The number of rotatable bonds is 8. The molecule has 4 N–H and O–H groups in total. The molecule has 0 aromatic heterocycles. The second-order valence-corrected chi connectivity index (χ2v) is 3.05. The molecule has 88 valence electrons. The van der Waals surface area contributed by atoms with E-state index in [1.54, 1.807) is 13.8 Å². The summed E-state index contributed by atoms with van der Waals surface area (Å²) in [5.74, 6) is -2.50. The van der Waals surface area contributed by atoms with Crippen molar-refractivity contribution in [1.82, 2.24) is 0 Å². The van der Waals surface area contributed by atoms with E-state index in [0.29, 0.717) is 13.2 Å². The molecule has 0 atom stereocenters. The highest BCUT2D eigenvalue weighted by Gasteiger charge is 2.35. The highest BCUT2D eigenvalue weighted by atomic mass is 16.7. The number of nitrogens with one attached hydrogen (secondary N) is 1. The molecule has 15 heavy (non-hydrogen) atoms. The summed E-state index contributed by atoms with van der Waals surface area (Å²) in [6, 6.07) is 0. The van der Waals surface area contributed by atoms with E-state index in [1.807, 2.05) is 0 Å². The van der Waals surface area contributed by atoms with Crippen LogP contribution in [-0.4, -0.2) is 35.9 Å². The zero-order valence-corrected chi connectivity index (χ0v) is 9.08. The van der Waals surface area contributed by atoms with Crippen molar-refractivity contribution < 1.29 is 19.4 Å². The van der Waals surface area contributed by atoms with Crippen LogP contribution < -0.4 is 5.73 Å². The van der Waals surface area contributed by atoms with Gasteiger partial charge in [-0.3, -0.25) is 10.2 Å². The van der Waals surface area contributed by atoms with Crippen molar-refractivity contribution in [3.63, 3.8) is 0 Å². The van der Waals surface area contributed by atoms with Gasteiger partial charge in [0.15, 0.2) is 5.79 Å². The van der Waals surface area contributed by atoms with Gasteiger partial charge in [0.1, 0.15) is 0 Å². The summed E-state index contributed by atoms with van der Waals surface area (Å²) >= 11 is 0. The van der Waals surface area contributed by atoms with Gasteiger partial charge in [-0.15, -0.1) is 0 Å². The van der Waals surface area contributed by atoms with Gasteiger partial charge in [0.05, 0.1) is 18.7 Å². The molecular formula is C9H18N2O4. The minimum Gasteiger partial charge on any atom is -0.481 e. The quantitative estimate of drug-likeness (QED) is 0.313. The predicted octanol–water partition coefficient (Wildman–Crippen LogP) is 0.556. The van der Waals surface area contributed by atoms with E-state index in [9.17, 15) is 4.79 Å². The lowest BCUT2D eigenvalue weighted by molar-refractivity contribution is -0.233. The van der Waals surface area contributed by atoms with Crippen molar-refractivity contribution in [3.05, 3.63) is 0 Å². The van der Waals surface area contributed by atoms with Crippen molar-refractivity contribution in [2.24, 2.45) is 5.73 Å². The van der Waals surface area contributed by atoms with Crippen molar-refractivity contribution >= 4 is 11.8 Å². The number of hydrogen-bond acceptors (Lipinski definition) is 4. The van der Waals surface area contributed by atoms with Crippen molar-refractivity contribution in [1.29, 1.82) is 5.41 Å². The maximum atomic E-state index is 10.7. The number of aliphatic carboxylic acids is 1. The van der Waals surface area contributed by atoms with Crippen LogP contribution in [0.2, 0.25) is 0 Å². The number of carboxylic acid groups (broad SMARTS) is 1. The molecule has 0 heterocycles. The van der Waals surface area contributed by atoms with E-state index in [0.717, 1.165) is 0 Å².